The fourth-order valence-corrected chi connectivity index (χ4v) is 5.92. The highest BCUT2D eigenvalue weighted by Gasteiger charge is 2.34. The third kappa shape index (κ3) is 8.56. The summed E-state index contributed by atoms with van der Waals surface area (Å²) in [7, 11) is -3.26. The lowest BCUT2D eigenvalue weighted by Gasteiger charge is -2.25. The molecular weight excluding hydrogens is 614 g/mol. The Kier molecular flexibility index (Phi) is 9.85. The summed E-state index contributed by atoms with van der Waals surface area (Å²) < 4.78 is 76.9. The molecule has 2 amide bonds. The summed E-state index contributed by atoms with van der Waals surface area (Å²) in [4.78, 5) is 27.9. The molecule has 1 atom stereocenters. The number of ether oxygens (including phenoxy) is 1. The normalized spacial score (nSPS) is 16.4. The lowest BCUT2D eigenvalue weighted by atomic mass is 10.0. The van der Waals surface area contributed by atoms with Gasteiger partial charge < -0.3 is 15.0 Å². The van der Waals surface area contributed by atoms with E-state index in [-0.39, 0.29) is 59.2 Å². The largest absolute Gasteiger partial charge is 0.442 e. The quantitative estimate of drug-likeness (QED) is 0.273. The van der Waals surface area contributed by atoms with Gasteiger partial charge in [0.15, 0.2) is 5.82 Å². The molecule has 1 aliphatic rings. The maximum atomic E-state index is 14.2. The Labute approximate surface area is 259 Å². The lowest BCUT2D eigenvalue weighted by molar-refractivity contribution is -0.0102. The van der Waals surface area contributed by atoms with Crippen molar-refractivity contribution in [1.82, 2.24) is 10.2 Å². The minimum absolute atomic E-state index is 0.0595. The van der Waals surface area contributed by atoms with E-state index in [0.717, 1.165) is 0 Å². The summed E-state index contributed by atoms with van der Waals surface area (Å²) in [5.41, 5.74) is 0.301. The van der Waals surface area contributed by atoms with Crippen LogP contribution in [0, 0.1) is 6.92 Å². The van der Waals surface area contributed by atoms with Gasteiger partial charge in [-0.1, -0.05) is 30.3 Å². The van der Waals surface area contributed by atoms with Crippen molar-refractivity contribution in [2.24, 2.45) is 4.36 Å². The van der Waals surface area contributed by atoms with Gasteiger partial charge in [0.1, 0.15) is 5.60 Å². The number of carbonyl (C=O) groups is 2. The monoisotopic (exact) mass is 649 g/mol. The molecule has 1 aromatic heterocycles. The Morgan fingerprint density at radius 3 is 2.40 bits per heavy atom. The molecule has 0 unspecified atom stereocenters. The number of carbonyl (C=O) groups excluding carboxylic acids is 2. The van der Waals surface area contributed by atoms with Crippen molar-refractivity contribution < 1.29 is 36.1 Å². The smallest absolute Gasteiger partial charge is 0.442 e. The molecule has 0 aliphatic carbocycles. The second kappa shape index (κ2) is 13.1. The summed E-state index contributed by atoms with van der Waals surface area (Å²) in [6.07, 6.45) is -2.96. The van der Waals surface area contributed by atoms with E-state index in [4.69, 9.17) is 4.74 Å². The standard InChI is InChI=1S/C31H35F4N5O4S/c1-19-24(28(41)36-22-8-6-9-23(18-22)45(5,43)39-29(42)44-30(2,3)4)27(40-16-7-14-31(34,35)15-17-40)38-37-25(19)20-10-12-21(13-11-20)26(32)33/h6,8-13,18,26H,7,14-17H2,1-5H3,(H,36,41)/t45-/m1/s1. The fraction of sp³-hybridized carbons (Fsp3) is 0.419. The van der Waals surface area contributed by atoms with Gasteiger partial charge in [-0.2, -0.15) is 0 Å². The Morgan fingerprint density at radius 1 is 1.07 bits per heavy atom. The molecule has 1 aliphatic heterocycles. The van der Waals surface area contributed by atoms with Crippen LogP contribution >= 0.6 is 0 Å². The zero-order valence-electron chi connectivity index (χ0n) is 25.6. The van der Waals surface area contributed by atoms with Crippen molar-refractivity contribution in [1.29, 1.82) is 0 Å². The fourth-order valence-electron chi connectivity index (χ4n) is 4.82. The van der Waals surface area contributed by atoms with Gasteiger partial charge in [0.05, 0.1) is 21.0 Å². The van der Waals surface area contributed by atoms with Crippen molar-refractivity contribution >= 4 is 33.2 Å². The third-order valence-electron chi connectivity index (χ3n) is 7.05. The van der Waals surface area contributed by atoms with E-state index >= 15 is 0 Å². The first-order valence-electron chi connectivity index (χ1n) is 14.2. The van der Waals surface area contributed by atoms with Gasteiger partial charge >= 0.3 is 6.09 Å². The number of alkyl halides is 4. The Hall–Kier alpha value is -4.07. The van der Waals surface area contributed by atoms with Crippen molar-refractivity contribution in [2.45, 2.75) is 69.8 Å². The first kappa shape index (κ1) is 33.8. The Morgan fingerprint density at radius 2 is 1.76 bits per heavy atom. The van der Waals surface area contributed by atoms with Crippen molar-refractivity contribution in [3.05, 3.63) is 65.2 Å². The van der Waals surface area contributed by atoms with Crippen LogP contribution in [-0.2, 0) is 14.5 Å². The van der Waals surface area contributed by atoms with E-state index in [0.29, 0.717) is 11.1 Å². The van der Waals surface area contributed by atoms with Crippen LogP contribution in [0.2, 0.25) is 0 Å². The summed E-state index contributed by atoms with van der Waals surface area (Å²) in [5.74, 6) is -3.40. The molecule has 1 fully saturated rings. The third-order valence-corrected chi connectivity index (χ3v) is 8.68. The molecule has 14 heteroatoms. The van der Waals surface area contributed by atoms with Crippen LogP contribution in [-0.4, -0.2) is 57.3 Å². The summed E-state index contributed by atoms with van der Waals surface area (Å²) >= 11 is 0. The molecule has 3 aromatic rings. The van der Waals surface area contributed by atoms with Crippen LogP contribution in [0.25, 0.3) is 11.3 Å². The minimum atomic E-state index is -3.26. The number of nitrogens with one attached hydrogen (secondary N) is 1. The molecule has 9 nitrogen and oxygen atoms in total. The zero-order valence-corrected chi connectivity index (χ0v) is 26.4. The second-order valence-electron chi connectivity index (χ2n) is 11.8. The first-order valence-corrected chi connectivity index (χ1v) is 16.1. The van der Waals surface area contributed by atoms with Gasteiger partial charge in [0.2, 0.25) is 5.92 Å². The minimum Gasteiger partial charge on any atom is -0.442 e. The molecule has 1 N–H and O–H groups in total. The van der Waals surface area contributed by atoms with Gasteiger partial charge in [-0.25, -0.2) is 26.6 Å². The molecule has 0 saturated carbocycles. The second-order valence-corrected chi connectivity index (χ2v) is 14.1. The Balaban J connectivity index is 1.73. The number of nitrogens with zero attached hydrogens (tertiary/aromatic N) is 4. The number of hydrogen-bond acceptors (Lipinski definition) is 7. The van der Waals surface area contributed by atoms with Crippen LogP contribution in [0.1, 0.15) is 67.9 Å². The highest BCUT2D eigenvalue weighted by molar-refractivity contribution is 7.93. The van der Waals surface area contributed by atoms with Gasteiger partial charge in [-0.15, -0.1) is 14.6 Å². The van der Waals surface area contributed by atoms with Crippen molar-refractivity contribution in [3.8, 4) is 11.3 Å². The maximum absolute atomic E-state index is 14.2. The molecule has 2 heterocycles. The van der Waals surface area contributed by atoms with E-state index in [1.54, 1.807) is 38.7 Å². The van der Waals surface area contributed by atoms with Crippen LogP contribution in [0.4, 0.5) is 33.9 Å². The molecule has 4 rings (SSSR count). The number of anilines is 2. The zero-order chi connectivity index (χ0) is 33.2. The molecular formula is C31H35F4N5O4S. The SMILES string of the molecule is Cc1c(-c2ccc(C(F)F)cc2)nnc(N2CCCC(F)(F)CC2)c1C(=O)Nc1cccc([S@@](C)(=O)=NC(=O)OC(C)(C)C)c1. The molecule has 242 valence electrons. The summed E-state index contributed by atoms with van der Waals surface area (Å²) in [6.45, 7) is 6.72. The number of hydrogen-bond donors (Lipinski definition) is 1. The van der Waals surface area contributed by atoms with Crippen molar-refractivity contribution in [3.63, 3.8) is 0 Å². The molecule has 0 radical (unpaired) electrons. The average Bonchev–Trinajstić information content (AvgIpc) is 3.11. The number of rotatable bonds is 6. The van der Waals surface area contributed by atoms with Crippen molar-refractivity contribution in [2.75, 3.05) is 29.6 Å². The molecule has 45 heavy (non-hydrogen) atoms. The van der Waals surface area contributed by atoms with E-state index < -0.39 is 46.1 Å². The predicted octanol–water partition coefficient (Wildman–Crippen LogP) is 7.66. The van der Waals surface area contributed by atoms with E-state index in [9.17, 15) is 31.4 Å². The summed E-state index contributed by atoms with van der Waals surface area (Å²) in [5, 5.41) is 11.3. The number of amides is 2. The highest BCUT2D eigenvalue weighted by Crippen LogP contribution is 2.34. The van der Waals surface area contributed by atoms with Crippen LogP contribution < -0.4 is 10.2 Å². The van der Waals surface area contributed by atoms with Crippen LogP contribution in [0.3, 0.4) is 0 Å². The number of benzene rings is 2. The Bertz CT molecular complexity index is 1700. The summed E-state index contributed by atoms with van der Waals surface area (Å²) in [6, 6.07) is 11.4. The van der Waals surface area contributed by atoms with Gasteiger partial charge in [0, 0.05) is 53.9 Å². The first-order chi connectivity index (χ1) is 21.0. The van der Waals surface area contributed by atoms with Crippen LogP contribution in [0.15, 0.2) is 57.8 Å². The van der Waals surface area contributed by atoms with E-state index in [1.807, 2.05) is 0 Å². The van der Waals surface area contributed by atoms with Gasteiger partial charge in [0.25, 0.3) is 12.3 Å². The molecule has 2 aromatic carbocycles. The lowest BCUT2D eigenvalue weighted by Crippen LogP contribution is -2.30. The highest BCUT2D eigenvalue weighted by atomic mass is 32.2. The maximum Gasteiger partial charge on any atom is 0.442 e. The van der Waals surface area contributed by atoms with E-state index in [1.165, 1.54) is 48.7 Å². The van der Waals surface area contributed by atoms with Crippen LogP contribution in [0.5, 0.6) is 0 Å². The number of aromatic nitrogens is 2. The van der Waals surface area contributed by atoms with Gasteiger partial charge in [-0.3, -0.25) is 4.79 Å². The van der Waals surface area contributed by atoms with E-state index in [2.05, 4.69) is 19.9 Å². The molecule has 1 saturated heterocycles. The predicted molar refractivity (Wildman–Crippen MR) is 164 cm³/mol. The molecule has 0 spiro atoms. The topological polar surface area (TPSA) is 114 Å². The molecule has 0 bridgehead atoms. The van der Waals surface area contributed by atoms with Gasteiger partial charge in [-0.05, 0) is 57.9 Å². The average molecular weight is 650 g/mol. The number of halogens is 4.